The van der Waals surface area contributed by atoms with Crippen molar-refractivity contribution in [2.75, 3.05) is 6.61 Å². The molecule has 0 aliphatic heterocycles. The molecular formula is C16H13ClF3NO5P+. The van der Waals surface area contributed by atoms with Gasteiger partial charge in [-0.2, -0.15) is 13.2 Å². The van der Waals surface area contributed by atoms with Crippen LogP contribution < -0.4 is 10.0 Å². The topological polar surface area (TPSA) is 78.7 Å². The Kier molecular flexibility index (Phi) is 6.41. The largest absolute Gasteiger partial charge is 0.556 e. The number of alkyl halides is 3. The lowest BCUT2D eigenvalue weighted by atomic mass is 10.2. The number of benzene rings is 2. The highest BCUT2D eigenvalue weighted by atomic mass is 35.5. The molecule has 0 spiro atoms. The molecule has 0 bridgehead atoms. The predicted molar refractivity (Wildman–Crippen MR) is 93.2 cm³/mol. The molecule has 6 nitrogen and oxygen atoms in total. The summed E-state index contributed by atoms with van der Waals surface area (Å²) in [5.74, 6) is -0.0282. The second-order valence-electron chi connectivity index (χ2n) is 5.28. The lowest BCUT2D eigenvalue weighted by Gasteiger charge is -2.12. The first-order chi connectivity index (χ1) is 12.5. The zero-order valence-electron chi connectivity index (χ0n) is 14.0. The van der Waals surface area contributed by atoms with Crippen molar-refractivity contribution in [2.45, 2.75) is 20.0 Å². The maximum absolute atomic E-state index is 12.7. The fourth-order valence-electron chi connectivity index (χ4n) is 2.13. The molecule has 0 fully saturated rings. The van der Waals surface area contributed by atoms with E-state index in [9.17, 15) is 27.9 Å². The van der Waals surface area contributed by atoms with Gasteiger partial charge < -0.3 is 4.74 Å². The number of aryl methyl sites for hydroxylation is 1. The van der Waals surface area contributed by atoms with Crippen LogP contribution in [-0.2, 0) is 15.3 Å². The van der Waals surface area contributed by atoms with E-state index < -0.39 is 30.4 Å². The Morgan fingerprint density at radius 3 is 2.41 bits per heavy atom. The molecule has 0 heterocycles. The number of hydrogen-bond acceptors (Lipinski definition) is 5. The zero-order valence-corrected chi connectivity index (χ0v) is 15.7. The molecule has 0 aromatic heterocycles. The number of nitro groups is 1. The van der Waals surface area contributed by atoms with Crippen LogP contribution in [0.1, 0.15) is 18.1 Å². The molecule has 2 aromatic carbocycles. The number of rotatable bonds is 6. The van der Waals surface area contributed by atoms with E-state index in [1.807, 2.05) is 0 Å². The van der Waals surface area contributed by atoms with Crippen molar-refractivity contribution in [3.8, 4) is 11.5 Å². The van der Waals surface area contributed by atoms with Gasteiger partial charge in [-0.1, -0.05) is 11.6 Å². The molecule has 0 saturated heterocycles. The number of hydrogen-bond donors (Lipinski definition) is 0. The van der Waals surface area contributed by atoms with E-state index in [1.54, 1.807) is 6.92 Å². The van der Waals surface area contributed by atoms with E-state index in [4.69, 9.17) is 20.9 Å². The predicted octanol–water partition coefficient (Wildman–Crippen LogP) is 5.77. The van der Waals surface area contributed by atoms with Crippen molar-refractivity contribution in [3.63, 3.8) is 0 Å². The number of halogens is 4. The smallest absolute Gasteiger partial charge is 0.455 e. The van der Waals surface area contributed by atoms with Crippen LogP contribution in [0.3, 0.4) is 0 Å². The monoisotopic (exact) mass is 422 g/mol. The Hall–Kier alpha value is -2.22. The molecule has 2 aromatic rings. The Morgan fingerprint density at radius 2 is 1.89 bits per heavy atom. The van der Waals surface area contributed by atoms with Gasteiger partial charge >= 0.3 is 25.2 Å². The van der Waals surface area contributed by atoms with Crippen LogP contribution in [-0.4, -0.2) is 11.5 Å². The minimum absolute atomic E-state index is 0.0558. The number of nitrogens with zero attached hydrogens (tertiary/aromatic N) is 1. The van der Waals surface area contributed by atoms with E-state index in [-0.39, 0.29) is 28.4 Å². The van der Waals surface area contributed by atoms with Crippen molar-refractivity contribution in [3.05, 3.63) is 56.6 Å². The van der Waals surface area contributed by atoms with Gasteiger partial charge in [-0.15, -0.1) is 4.52 Å². The lowest BCUT2D eigenvalue weighted by molar-refractivity contribution is -0.383. The Labute approximate surface area is 157 Å². The second kappa shape index (κ2) is 8.21. The first-order valence-corrected chi connectivity index (χ1v) is 9.04. The van der Waals surface area contributed by atoms with Crippen LogP contribution in [0.25, 0.3) is 0 Å². The average molecular weight is 423 g/mol. The summed E-state index contributed by atoms with van der Waals surface area (Å²) in [6, 6.07) is 4.85. The molecule has 0 amide bonds. The third-order valence-corrected chi connectivity index (χ3v) is 4.93. The molecular weight excluding hydrogens is 410 g/mol. The molecule has 0 radical (unpaired) electrons. The molecule has 144 valence electrons. The van der Waals surface area contributed by atoms with Gasteiger partial charge in [0, 0.05) is 12.1 Å². The average Bonchev–Trinajstić information content (AvgIpc) is 2.57. The highest BCUT2D eigenvalue weighted by Gasteiger charge is 2.35. The Morgan fingerprint density at radius 1 is 1.22 bits per heavy atom. The normalized spacial score (nSPS) is 12.0. The molecule has 11 heteroatoms. The van der Waals surface area contributed by atoms with Gasteiger partial charge in [-0.3, -0.25) is 10.1 Å². The van der Waals surface area contributed by atoms with Crippen molar-refractivity contribution in [1.82, 2.24) is 0 Å². The van der Waals surface area contributed by atoms with Gasteiger partial charge in [0.25, 0.3) is 0 Å². The third kappa shape index (κ3) is 4.94. The summed E-state index contributed by atoms with van der Waals surface area (Å²) in [5.41, 5.74) is -1.05. The molecule has 1 atom stereocenters. The van der Waals surface area contributed by atoms with Gasteiger partial charge in [0.05, 0.1) is 15.5 Å². The van der Waals surface area contributed by atoms with Crippen LogP contribution in [0.5, 0.6) is 11.5 Å². The summed E-state index contributed by atoms with van der Waals surface area (Å²) in [4.78, 5) is 10.5. The highest BCUT2D eigenvalue weighted by Crippen LogP contribution is 2.38. The Bertz CT molecular complexity index is 904. The van der Waals surface area contributed by atoms with Gasteiger partial charge in [0.1, 0.15) is 18.1 Å². The summed E-state index contributed by atoms with van der Waals surface area (Å²) in [6.45, 7) is 3.14. The Balaban J connectivity index is 2.46. The molecule has 0 N–H and O–H groups in total. The molecule has 2 rings (SSSR count). The fraction of sp³-hybridized carbons (Fsp3) is 0.250. The fourth-order valence-corrected chi connectivity index (χ4v) is 3.28. The number of nitro benzene ring substituents is 1. The second-order valence-corrected chi connectivity index (χ2v) is 6.94. The molecule has 1 unspecified atom stereocenters. The summed E-state index contributed by atoms with van der Waals surface area (Å²) in [6.07, 6.45) is -4.56. The molecule has 0 aliphatic rings. The van der Waals surface area contributed by atoms with Gasteiger partial charge in [-0.25, -0.2) is 0 Å². The summed E-state index contributed by atoms with van der Waals surface area (Å²) >= 11 is 5.86. The van der Waals surface area contributed by atoms with E-state index >= 15 is 0 Å². The van der Waals surface area contributed by atoms with Crippen LogP contribution in [0.4, 0.5) is 18.9 Å². The van der Waals surface area contributed by atoms with E-state index in [2.05, 4.69) is 0 Å². The minimum atomic E-state index is -4.56. The summed E-state index contributed by atoms with van der Waals surface area (Å²) in [5, 5.41) is 10.7. The van der Waals surface area contributed by atoms with Gasteiger partial charge in [0.15, 0.2) is 0 Å². The van der Waals surface area contributed by atoms with Crippen LogP contribution in [0, 0.1) is 17.0 Å². The van der Waals surface area contributed by atoms with Crippen molar-refractivity contribution < 1.29 is 31.9 Å². The first kappa shape index (κ1) is 21.1. The maximum atomic E-state index is 12.7. The molecule has 27 heavy (non-hydrogen) atoms. The van der Waals surface area contributed by atoms with Gasteiger partial charge in [-0.05, 0) is 42.2 Å². The summed E-state index contributed by atoms with van der Waals surface area (Å²) in [7, 11) is -2.51. The lowest BCUT2D eigenvalue weighted by Crippen LogP contribution is -2.08. The van der Waals surface area contributed by atoms with E-state index in [0.29, 0.717) is 11.6 Å². The minimum Gasteiger partial charge on any atom is -0.455 e. The van der Waals surface area contributed by atoms with Crippen molar-refractivity contribution >= 4 is 30.6 Å². The van der Waals surface area contributed by atoms with Crippen LogP contribution >= 0.6 is 19.6 Å². The van der Waals surface area contributed by atoms with Crippen molar-refractivity contribution in [2.24, 2.45) is 0 Å². The van der Waals surface area contributed by atoms with Gasteiger partial charge in [0.2, 0.25) is 0 Å². The maximum Gasteiger partial charge on any atom is 0.556 e. The summed E-state index contributed by atoms with van der Waals surface area (Å²) < 4.78 is 60.7. The van der Waals surface area contributed by atoms with Crippen LogP contribution in [0.15, 0.2) is 30.3 Å². The first-order valence-electron chi connectivity index (χ1n) is 7.48. The standard InChI is InChI=1S/C16H13ClF3NO5P/c1-3-25-27(24)15-8-14(9(2)6-12(15)21(22)23)26-13-5-4-10(7-11(13)17)16(18,19)20/h4-8H,3H2,1-2H3/q+1. The highest BCUT2D eigenvalue weighted by molar-refractivity contribution is 7.48. The van der Waals surface area contributed by atoms with E-state index in [1.165, 1.54) is 6.92 Å². The van der Waals surface area contributed by atoms with Crippen LogP contribution in [0.2, 0.25) is 5.02 Å². The van der Waals surface area contributed by atoms with Crippen molar-refractivity contribution in [1.29, 1.82) is 0 Å². The van der Waals surface area contributed by atoms with E-state index in [0.717, 1.165) is 24.3 Å². The zero-order chi connectivity index (χ0) is 20.4. The molecule has 0 saturated carbocycles. The number of ether oxygens (including phenoxy) is 1. The quantitative estimate of drug-likeness (QED) is 0.335. The SMILES string of the molecule is CCO[P+](=O)c1cc(Oc2ccc(C(F)(F)F)cc2Cl)c(C)cc1[N+](=O)[O-]. The third-order valence-electron chi connectivity index (χ3n) is 3.39. The molecule has 0 aliphatic carbocycles.